The standard InChI is InChI=1S/C23H29N7O/c1-15-25-22(29-11-9-28(2)10-12-29)20-23(26-15)30(17-7-13-31-14-17)21(27-20)18-4-3-8-24-19(18)16-5-6-16/h3-4,8,16-17H,5-7,9-14H2,1-2H3/t17-/m1/s1. The van der Waals surface area contributed by atoms with Crippen molar-refractivity contribution in [2.24, 2.45) is 0 Å². The lowest BCUT2D eigenvalue weighted by atomic mass is 10.1. The number of fused-ring (bicyclic) bond motifs is 1. The zero-order chi connectivity index (χ0) is 20.9. The van der Waals surface area contributed by atoms with E-state index >= 15 is 0 Å². The van der Waals surface area contributed by atoms with Gasteiger partial charge in [-0.2, -0.15) is 0 Å². The zero-order valence-corrected chi connectivity index (χ0v) is 18.3. The Hall–Kier alpha value is -2.58. The highest BCUT2D eigenvalue weighted by Crippen LogP contribution is 2.44. The van der Waals surface area contributed by atoms with Gasteiger partial charge in [0.2, 0.25) is 0 Å². The zero-order valence-electron chi connectivity index (χ0n) is 18.3. The van der Waals surface area contributed by atoms with Crippen LogP contribution in [0.25, 0.3) is 22.6 Å². The van der Waals surface area contributed by atoms with Gasteiger partial charge in [-0.15, -0.1) is 0 Å². The quantitative estimate of drug-likeness (QED) is 0.644. The molecule has 31 heavy (non-hydrogen) atoms. The Morgan fingerprint density at radius 3 is 2.61 bits per heavy atom. The molecule has 8 nitrogen and oxygen atoms in total. The minimum absolute atomic E-state index is 0.238. The Balaban J connectivity index is 1.56. The molecule has 0 N–H and O–H groups in total. The first-order valence-corrected chi connectivity index (χ1v) is 11.4. The van der Waals surface area contributed by atoms with Crippen LogP contribution in [0.5, 0.6) is 0 Å². The SMILES string of the molecule is Cc1nc(N2CCN(C)CC2)c2nc(-c3cccnc3C3CC3)n([C@@H]3CCOC3)c2n1. The summed E-state index contributed by atoms with van der Waals surface area (Å²) in [5.74, 6) is 3.28. The maximum atomic E-state index is 5.78. The number of anilines is 1. The van der Waals surface area contributed by atoms with Gasteiger partial charge in [-0.05, 0) is 45.4 Å². The number of hydrogen-bond acceptors (Lipinski definition) is 7. The van der Waals surface area contributed by atoms with Gasteiger partial charge in [0.05, 0.1) is 18.3 Å². The fraction of sp³-hybridized carbons (Fsp3) is 0.565. The van der Waals surface area contributed by atoms with Crippen molar-refractivity contribution < 1.29 is 4.74 Å². The molecule has 1 atom stereocenters. The van der Waals surface area contributed by atoms with Crippen LogP contribution in [0.3, 0.4) is 0 Å². The minimum Gasteiger partial charge on any atom is -0.379 e. The normalized spacial score (nSPS) is 22.5. The van der Waals surface area contributed by atoms with Gasteiger partial charge in [0.15, 0.2) is 17.0 Å². The molecule has 2 saturated heterocycles. The second-order valence-corrected chi connectivity index (χ2v) is 9.09. The van der Waals surface area contributed by atoms with Crippen LogP contribution < -0.4 is 4.90 Å². The van der Waals surface area contributed by atoms with Gasteiger partial charge in [0, 0.05) is 50.5 Å². The molecular formula is C23H29N7O. The number of piperazine rings is 1. The van der Waals surface area contributed by atoms with Gasteiger partial charge in [0.1, 0.15) is 11.6 Å². The van der Waals surface area contributed by atoms with Crippen LogP contribution in [0.15, 0.2) is 18.3 Å². The molecule has 1 saturated carbocycles. The van der Waals surface area contributed by atoms with Crippen molar-refractivity contribution in [2.75, 3.05) is 51.3 Å². The fourth-order valence-electron chi connectivity index (χ4n) is 4.85. The second-order valence-electron chi connectivity index (χ2n) is 9.09. The molecule has 0 bridgehead atoms. The van der Waals surface area contributed by atoms with E-state index in [9.17, 15) is 0 Å². The smallest absolute Gasteiger partial charge is 0.166 e. The van der Waals surface area contributed by atoms with Crippen LogP contribution in [0, 0.1) is 6.92 Å². The van der Waals surface area contributed by atoms with Crippen molar-refractivity contribution in [2.45, 2.75) is 38.1 Å². The number of rotatable bonds is 4. The van der Waals surface area contributed by atoms with Crippen molar-refractivity contribution in [1.82, 2.24) is 29.4 Å². The largest absolute Gasteiger partial charge is 0.379 e. The molecule has 0 aromatic carbocycles. The Morgan fingerprint density at radius 1 is 1.03 bits per heavy atom. The number of nitrogens with zero attached hydrogens (tertiary/aromatic N) is 7. The van der Waals surface area contributed by atoms with E-state index in [1.165, 1.54) is 18.5 Å². The molecule has 6 rings (SSSR count). The summed E-state index contributed by atoms with van der Waals surface area (Å²) >= 11 is 0. The number of aryl methyl sites for hydroxylation is 1. The van der Waals surface area contributed by atoms with Crippen LogP contribution >= 0.6 is 0 Å². The van der Waals surface area contributed by atoms with Gasteiger partial charge in [-0.1, -0.05) is 0 Å². The van der Waals surface area contributed by atoms with E-state index in [2.05, 4.69) is 27.5 Å². The first-order valence-electron chi connectivity index (χ1n) is 11.4. The molecule has 3 fully saturated rings. The minimum atomic E-state index is 0.238. The maximum Gasteiger partial charge on any atom is 0.166 e. The molecule has 0 spiro atoms. The fourth-order valence-corrected chi connectivity index (χ4v) is 4.85. The van der Waals surface area contributed by atoms with Crippen LogP contribution in [-0.2, 0) is 4.74 Å². The lowest BCUT2D eigenvalue weighted by molar-refractivity contribution is 0.187. The Bertz CT molecular complexity index is 1110. The molecule has 8 heteroatoms. The van der Waals surface area contributed by atoms with E-state index in [0.29, 0.717) is 12.5 Å². The lowest BCUT2D eigenvalue weighted by Crippen LogP contribution is -2.45. The van der Waals surface area contributed by atoms with Crippen LogP contribution in [-0.4, -0.2) is 75.8 Å². The molecule has 0 radical (unpaired) electrons. The Labute approximate surface area is 182 Å². The Morgan fingerprint density at radius 2 is 1.87 bits per heavy atom. The van der Waals surface area contributed by atoms with Crippen LogP contribution in [0.1, 0.15) is 42.7 Å². The van der Waals surface area contributed by atoms with Crippen LogP contribution in [0.4, 0.5) is 5.82 Å². The van der Waals surface area contributed by atoms with Crippen molar-refractivity contribution >= 4 is 17.0 Å². The summed E-state index contributed by atoms with van der Waals surface area (Å²) in [7, 11) is 2.17. The topological polar surface area (TPSA) is 72.2 Å². The van der Waals surface area contributed by atoms with Gasteiger partial charge >= 0.3 is 0 Å². The van der Waals surface area contributed by atoms with Gasteiger partial charge in [-0.25, -0.2) is 15.0 Å². The number of ether oxygens (including phenoxy) is 1. The number of imidazole rings is 1. The predicted molar refractivity (Wildman–Crippen MR) is 119 cm³/mol. The third-order valence-corrected chi connectivity index (χ3v) is 6.75. The van der Waals surface area contributed by atoms with Crippen molar-refractivity contribution in [3.63, 3.8) is 0 Å². The van der Waals surface area contributed by atoms with E-state index in [1.807, 2.05) is 19.2 Å². The summed E-state index contributed by atoms with van der Waals surface area (Å²) in [5.41, 5.74) is 4.14. The molecule has 162 valence electrons. The number of pyridine rings is 1. The van der Waals surface area contributed by atoms with E-state index in [4.69, 9.17) is 24.7 Å². The highest BCUT2D eigenvalue weighted by molar-refractivity contribution is 5.87. The molecule has 2 aliphatic heterocycles. The third-order valence-electron chi connectivity index (χ3n) is 6.75. The summed E-state index contributed by atoms with van der Waals surface area (Å²) < 4.78 is 8.09. The summed E-state index contributed by atoms with van der Waals surface area (Å²) in [6.45, 7) is 7.44. The first-order chi connectivity index (χ1) is 15.2. The summed E-state index contributed by atoms with van der Waals surface area (Å²) in [5, 5.41) is 0. The monoisotopic (exact) mass is 419 g/mol. The van der Waals surface area contributed by atoms with E-state index < -0.39 is 0 Å². The highest BCUT2D eigenvalue weighted by Gasteiger charge is 2.33. The average Bonchev–Trinajstić information content (AvgIpc) is 3.35. The summed E-state index contributed by atoms with van der Waals surface area (Å²) in [6, 6.07) is 4.43. The molecule has 3 aromatic heterocycles. The van der Waals surface area contributed by atoms with Gasteiger partial charge in [-0.3, -0.25) is 4.98 Å². The van der Waals surface area contributed by atoms with Crippen molar-refractivity contribution in [1.29, 1.82) is 0 Å². The summed E-state index contributed by atoms with van der Waals surface area (Å²) in [6.07, 6.45) is 5.30. The van der Waals surface area contributed by atoms with Gasteiger partial charge in [0.25, 0.3) is 0 Å². The van der Waals surface area contributed by atoms with E-state index in [0.717, 1.165) is 73.4 Å². The Kier molecular flexibility index (Phi) is 4.65. The average molecular weight is 420 g/mol. The van der Waals surface area contributed by atoms with E-state index in [-0.39, 0.29) is 6.04 Å². The molecule has 0 amide bonds. The highest BCUT2D eigenvalue weighted by atomic mass is 16.5. The second kappa shape index (κ2) is 7.53. The molecule has 1 aliphatic carbocycles. The van der Waals surface area contributed by atoms with Crippen molar-refractivity contribution in [3.8, 4) is 11.4 Å². The molecular weight excluding hydrogens is 390 g/mol. The molecule has 3 aliphatic rings. The van der Waals surface area contributed by atoms with Gasteiger partial charge < -0.3 is 19.1 Å². The summed E-state index contributed by atoms with van der Waals surface area (Å²) in [4.78, 5) is 24.5. The van der Waals surface area contributed by atoms with Crippen LogP contribution in [0.2, 0.25) is 0 Å². The molecule has 5 heterocycles. The number of aromatic nitrogens is 5. The maximum absolute atomic E-state index is 5.78. The predicted octanol–water partition coefficient (Wildman–Crippen LogP) is 2.79. The molecule has 3 aromatic rings. The number of hydrogen-bond donors (Lipinski definition) is 0. The molecule has 0 unspecified atom stereocenters. The van der Waals surface area contributed by atoms with Crippen molar-refractivity contribution in [3.05, 3.63) is 29.8 Å². The lowest BCUT2D eigenvalue weighted by Gasteiger charge is -2.33. The number of likely N-dealkylation sites (N-methyl/N-ethyl adjacent to an activating group) is 1. The third kappa shape index (κ3) is 3.38. The van der Waals surface area contributed by atoms with E-state index in [1.54, 1.807) is 0 Å². The first kappa shape index (κ1) is 19.1.